The molecule has 1 heteroatoms. The summed E-state index contributed by atoms with van der Waals surface area (Å²) in [7, 11) is 0. The Morgan fingerprint density at radius 2 is 2.00 bits per heavy atom. The second-order valence-corrected chi connectivity index (χ2v) is 5.29. The minimum Gasteiger partial charge on any atom is -0.326 e. The van der Waals surface area contributed by atoms with Gasteiger partial charge in [-0.25, -0.2) is 0 Å². The van der Waals surface area contributed by atoms with Crippen LogP contribution in [0.15, 0.2) is 23.8 Å². The zero-order chi connectivity index (χ0) is 11.1. The summed E-state index contributed by atoms with van der Waals surface area (Å²) in [5.74, 6) is 0. The van der Waals surface area contributed by atoms with E-state index in [4.69, 9.17) is 5.73 Å². The van der Waals surface area contributed by atoms with Crippen molar-refractivity contribution in [3.8, 4) is 0 Å². The number of hydrogen-bond acceptors (Lipinski definition) is 1. The lowest BCUT2D eigenvalue weighted by Gasteiger charge is -2.19. The van der Waals surface area contributed by atoms with Gasteiger partial charge in [0, 0.05) is 6.54 Å². The molecule has 0 bridgehead atoms. The van der Waals surface area contributed by atoms with Gasteiger partial charge in [-0.05, 0) is 28.5 Å². The first-order valence-corrected chi connectivity index (χ1v) is 5.54. The topological polar surface area (TPSA) is 26.0 Å². The molecule has 0 amide bonds. The Morgan fingerprint density at radius 1 is 1.27 bits per heavy atom. The highest BCUT2D eigenvalue weighted by Crippen LogP contribution is 2.37. The minimum absolute atomic E-state index is 0.269. The monoisotopic (exact) mass is 201 g/mol. The number of rotatable bonds is 1. The van der Waals surface area contributed by atoms with Crippen LogP contribution in [-0.4, -0.2) is 0 Å². The summed E-state index contributed by atoms with van der Waals surface area (Å²) in [6, 6.07) is 6.45. The van der Waals surface area contributed by atoms with E-state index in [2.05, 4.69) is 45.0 Å². The van der Waals surface area contributed by atoms with Crippen molar-refractivity contribution in [2.45, 2.75) is 33.7 Å². The molecule has 2 N–H and O–H groups in total. The molecule has 0 unspecified atom stereocenters. The molecule has 1 aromatic rings. The number of benzene rings is 1. The third-order valence-corrected chi connectivity index (χ3v) is 3.17. The summed E-state index contributed by atoms with van der Waals surface area (Å²) in [6.07, 6.45) is 3.42. The third kappa shape index (κ3) is 1.84. The Hall–Kier alpha value is -1.08. The first-order valence-electron chi connectivity index (χ1n) is 5.54. The van der Waals surface area contributed by atoms with E-state index in [0.29, 0.717) is 6.54 Å². The van der Waals surface area contributed by atoms with E-state index in [1.807, 2.05) is 0 Å². The molecule has 0 aromatic heterocycles. The molecular formula is C14H19N. The van der Waals surface area contributed by atoms with Crippen LogP contribution in [0, 0.1) is 5.41 Å². The van der Waals surface area contributed by atoms with E-state index in [-0.39, 0.29) is 5.41 Å². The van der Waals surface area contributed by atoms with E-state index in [1.54, 1.807) is 0 Å². The third-order valence-electron chi connectivity index (χ3n) is 3.17. The number of nitrogens with two attached hydrogens (primary N) is 1. The molecule has 2 rings (SSSR count). The highest BCUT2D eigenvalue weighted by Gasteiger charge is 2.23. The van der Waals surface area contributed by atoms with Crippen molar-refractivity contribution in [3.05, 3.63) is 40.5 Å². The second-order valence-electron chi connectivity index (χ2n) is 5.29. The molecule has 0 spiro atoms. The first-order chi connectivity index (χ1) is 7.02. The van der Waals surface area contributed by atoms with Crippen molar-refractivity contribution in [1.82, 2.24) is 0 Å². The summed E-state index contributed by atoms with van der Waals surface area (Å²) < 4.78 is 0. The summed E-state index contributed by atoms with van der Waals surface area (Å²) in [4.78, 5) is 0. The maximum Gasteiger partial charge on any atom is 0.0184 e. The van der Waals surface area contributed by atoms with Gasteiger partial charge in [0.2, 0.25) is 0 Å². The summed E-state index contributed by atoms with van der Waals surface area (Å²) in [5, 5.41) is 0. The highest BCUT2D eigenvalue weighted by atomic mass is 14.5. The average molecular weight is 201 g/mol. The van der Waals surface area contributed by atoms with Gasteiger partial charge in [-0.3, -0.25) is 0 Å². The lowest BCUT2D eigenvalue weighted by Crippen LogP contribution is -2.08. The zero-order valence-electron chi connectivity index (χ0n) is 9.80. The van der Waals surface area contributed by atoms with Gasteiger partial charge in [0.05, 0.1) is 0 Å². The van der Waals surface area contributed by atoms with Gasteiger partial charge >= 0.3 is 0 Å². The Labute approximate surface area is 92.0 Å². The maximum atomic E-state index is 5.75. The van der Waals surface area contributed by atoms with E-state index in [0.717, 1.165) is 6.42 Å². The van der Waals surface area contributed by atoms with Crippen molar-refractivity contribution < 1.29 is 0 Å². The van der Waals surface area contributed by atoms with Crippen LogP contribution in [0.3, 0.4) is 0 Å². The lowest BCUT2D eigenvalue weighted by molar-refractivity contribution is 0.498. The minimum atomic E-state index is 0.269. The molecule has 80 valence electrons. The molecule has 0 aliphatic heterocycles. The largest absolute Gasteiger partial charge is 0.326 e. The Kier molecular flexibility index (Phi) is 2.43. The van der Waals surface area contributed by atoms with Gasteiger partial charge in [0.1, 0.15) is 0 Å². The lowest BCUT2D eigenvalue weighted by atomic mass is 9.85. The van der Waals surface area contributed by atoms with Crippen LogP contribution in [0.2, 0.25) is 0 Å². The molecule has 15 heavy (non-hydrogen) atoms. The molecule has 0 saturated heterocycles. The van der Waals surface area contributed by atoms with Gasteiger partial charge in [0.25, 0.3) is 0 Å². The van der Waals surface area contributed by atoms with Crippen molar-refractivity contribution in [3.63, 3.8) is 0 Å². The number of hydrogen-bond donors (Lipinski definition) is 1. The van der Waals surface area contributed by atoms with Gasteiger partial charge in [-0.1, -0.05) is 50.6 Å². The zero-order valence-corrected chi connectivity index (χ0v) is 9.80. The van der Waals surface area contributed by atoms with Crippen LogP contribution in [-0.2, 0) is 13.0 Å². The van der Waals surface area contributed by atoms with Crippen LogP contribution in [0.25, 0.3) is 6.08 Å². The molecule has 1 aliphatic rings. The highest BCUT2D eigenvalue weighted by molar-refractivity contribution is 5.67. The van der Waals surface area contributed by atoms with Crippen LogP contribution in [0.1, 0.15) is 37.5 Å². The smallest absolute Gasteiger partial charge is 0.0184 e. The summed E-state index contributed by atoms with van der Waals surface area (Å²) >= 11 is 0. The normalized spacial score (nSPS) is 15.1. The number of allylic oxidation sites excluding steroid dienone is 1. The van der Waals surface area contributed by atoms with Gasteiger partial charge in [-0.2, -0.15) is 0 Å². The second kappa shape index (κ2) is 3.49. The van der Waals surface area contributed by atoms with Gasteiger partial charge in [-0.15, -0.1) is 0 Å². The Bertz CT molecular complexity index is 408. The van der Waals surface area contributed by atoms with Crippen molar-refractivity contribution in [2.75, 3.05) is 0 Å². The molecule has 1 aliphatic carbocycles. The van der Waals surface area contributed by atoms with E-state index >= 15 is 0 Å². The standard InChI is InChI=1S/C14H19N/c1-14(2,3)12-7-10-5-4-6-11(9-15)13(10)8-12/h4-6,8H,7,9,15H2,1-3H3. The molecule has 1 aromatic carbocycles. The fourth-order valence-corrected chi connectivity index (χ4v) is 2.10. The first kappa shape index (κ1) is 10.4. The SMILES string of the molecule is CC(C)(C)C1=Cc2c(CN)cccc2C1. The van der Waals surface area contributed by atoms with E-state index in [9.17, 15) is 0 Å². The fourth-order valence-electron chi connectivity index (χ4n) is 2.10. The van der Waals surface area contributed by atoms with E-state index < -0.39 is 0 Å². The molecular weight excluding hydrogens is 182 g/mol. The fraction of sp³-hybridized carbons (Fsp3) is 0.429. The van der Waals surface area contributed by atoms with Crippen LogP contribution < -0.4 is 5.73 Å². The summed E-state index contributed by atoms with van der Waals surface area (Å²) in [6.45, 7) is 7.45. The molecule has 0 fully saturated rings. The van der Waals surface area contributed by atoms with E-state index in [1.165, 1.54) is 22.3 Å². The van der Waals surface area contributed by atoms with Crippen LogP contribution >= 0.6 is 0 Å². The average Bonchev–Trinajstić information content (AvgIpc) is 2.59. The summed E-state index contributed by atoms with van der Waals surface area (Å²) in [5.41, 5.74) is 11.6. The van der Waals surface area contributed by atoms with Crippen molar-refractivity contribution >= 4 is 6.08 Å². The van der Waals surface area contributed by atoms with Crippen molar-refractivity contribution in [2.24, 2.45) is 11.1 Å². The maximum absolute atomic E-state index is 5.75. The predicted octanol–water partition coefficient (Wildman–Crippen LogP) is 3.13. The quantitative estimate of drug-likeness (QED) is 0.742. The Balaban J connectivity index is 2.44. The molecule has 0 radical (unpaired) electrons. The number of fused-ring (bicyclic) bond motifs is 1. The molecule has 0 atom stereocenters. The molecule has 0 saturated carbocycles. The molecule has 1 nitrogen and oxygen atoms in total. The molecule has 0 heterocycles. The van der Waals surface area contributed by atoms with Gasteiger partial charge in [0.15, 0.2) is 0 Å². The predicted molar refractivity (Wildman–Crippen MR) is 65.5 cm³/mol. The Morgan fingerprint density at radius 3 is 2.60 bits per heavy atom. The van der Waals surface area contributed by atoms with Crippen LogP contribution in [0.5, 0.6) is 0 Å². The van der Waals surface area contributed by atoms with Crippen LogP contribution in [0.4, 0.5) is 0 Å². The van der Waals surface area contributed by atoms with Gasteiger partial charge < -0.3 is 5.73 Å². The van der Waals surface area contributed by atoms with Crippen molar-refractivity contribution in [1.29, 1.82) is 0 Å².